The molecule has 1 heterocycles. The molecule has 27 heavy (non-hydrogen) atoms. The van der Waals surface area contributed by atoms with Gasteiger partial charge in [-0.25, -0.2) is 0 Å². The summed E-state index contributed by atoms with van der Waals surface area (Å²) < 4.78 is 0. The Hall–Kier alpha value is -3.22. The number of hydrogen-bond acceptors (Lipinski definition) is 5. The van der Waals surface area contributed by atoms with E-state index in [2.05, 4.69) is 5.32 Å². The highest BCUT2D eigenvalue weighted by molar-refractivity contribution is 5.95. The van der Waals surface area contributed by atoms with Crippen molar-refractivity contribution in [2.24, 2.45) is 5.92 Å². The van der Waals surface area contributed by atoms with E-state index >= 15 is 0 Å². The van der Waals surface area contributed by atoms with Crippen molar-refractivity contribution in [3.63, 3.8) is 0 Å². The lowest BCUT2D eigenvalue weighted by Crippen LogP contribution is -2.38. The summed E-state index contributed by atoms with van der Waals surface area (Å²) in [7, 11) is 0. The van der Waals surface area contributed by atoms with Gasteiger partial charge in [0, 0.05) is 36.3 Å². The molecule has 1 fully saturated rings. The predicted octanol–water partition coefficient (Wildman–Crippen LogP) is 3.65. The standard InChI is InChI=1S/C20H21N3O4/c1-14(24)16-7-8-18(19(13-16)23(26)27)22-11-9-15(10-12-22)20(25)21-17-5-3-2-4-6-17/h2-8,13,15H,9-12H2,1H3,(H,21,25). The highest BCUT2D eigenvalue weighted by Crippen LogP contribution is 2.32. The minimum absolute atomic E-state index is 0.0257. The van der Waals surface area contributed by atoms with Crippen molar-refractivity contribution >= 4 is 28.8 Å². The van der Waals surface area contributed by atoms with E-state index in [0.29, 0.717) is 37.2 Å². The van der Waals surface area contributed by atoms with Gasteiger partial charge in [-0.05, 0) is 44.0 Å². The van der Waals surface area contributed by atoms with E-state index in [9.17, 15) is 19.7 Å². The fraction of sp³-hybridized carbons (Fsp3) is 0.300. The first kappa shape index (κ1) is 18.6. The molecule has 0 radical (unpaired) electrons. The number of rotatable bonds is 5. The number of Topliss-reactive ketones (excluding diaryl/α,β-unsaturated/α-hetero) is 1. The molecule has 1 N–H and O–H groups in total. The molecule has 3 rings (SSSR count). The van der Waals surface area contributed by atoms with Gasteiger partial charge >= 0.3 is 0 Å². The van der Waals surface area contributed by atoms with Gasteiger partial charge in [-0.1, -0.05) is 18.2 Å². The second-order valence-electron chi connectivity index (χ2n) is 6.63. The van der Waals surface area contributed by atoms with Crippen LogP contribution in [0.3, 0.4) is 0 Å². The summed E-state index contributed by atoms with van der Waals surface area (Å²) in [5.74, 6) is -0.361. The number of amides is 1. The molecule has 1 aliphatic rings. The van der Waals surface area contributed by atoms with Gasteiger partial charge in [0.15, 0.2) is 5.78 Å². The van der Waals surface area contributed by atoms with Gasteiger partial charge in [-0.3, -0.25) is 19.7 Å². The number of carbonyl (C=O) groups excluding carboxylic acids is 2. The van der Waals surface area contributed by atoms with Crippen LogP contribution in [0.25, 0.3) is 0 Å². The molecule has 0 atom stereocenters. The zero-order valence-electron chi connectivity index (χ0n) is 15.1. The fourth-order valence-corrected chi connectivity index (χ4v) is 3.30. The van der Waals surface area contributed by atoms with Crippen LogP contribution < -0.4 is 10.2 Å². The third kappa shape index (κ3) is 4.31. The number of carbonyl (C=O) groups is 2. The Balaban J connectivity index is 1.68. The summed E-state index contributed by atoms with van der Waals surface area (Å²) in [6.07, 6.45) is 1.23. The maximum absolute atomic E-state index is 12.4. The van der Waals surface area contributed by atoms with Crippen molar-refractivity contribution in [3.05, 3.63) is 64.2 Å². The van der Waals surface area contributed by atoms with E-state index in [-0.39, 0.29) is 23.3 Å². The Kier molecular flexibility index (Phi) is 5.49. The van der Waals surface area contributed by atoms with Crippen molar-refractivity contribution in [1.29, 1.82) is 0 Å². The van der Waals surface area contributed by atoms with Crippen LogP contribution >= 0.6 is 0 Å². The van der Waals surface area contributed by atoms with E-state index in [1.165, 1.54) is 13.0 Å². The summed E-state index contributed by atoms with van der Waals surface area (Å²) in [6, 6.07) is 13.9. The average Bonchev–Trinajstić information content (AvgIpc) is 2.68. The molecule has 2 aromatic carbocycles. The predicted molar refractivity (Wildman–Crippen MR) is 103 cm³/mol. The molecule has 0 bridgehead atoms. The van der Waals surface area contributed by atoms with Crippen molar-refractivity contribution < 1.29 is 14.5 Å². The molecule has 1 aliphatic heterocycles. The Morgan fingerprint density at radius 1 is 1.11 bits per heavy atom. The Labute approximate surface area is 157 Å². The summed E-state index contributed by atoms with van der Waals surface area (Å²) in [5.41, 5.74) is 1.50. The minimum atomic E-state index is -0.462. The van der Waals surface area contributed by atoms with Gasteiger partial charge in [-0.2, -0.15) is 0 Å². The van der Waals surface area contributed by atoms with Crippen LogP contribution in [0.5, 0.6) is 0 Å². The molecule has 1 saturated heterocycles. The molecular weight excluding hydrogens is 346 g/mol. The van der Waals surface area contributed by atoms with Crippen molar-refractivity contribution in [3.8, 4) is 0 Å². The number of nitro groups is 1. The van der Waals surface area contributed by atoms with E-state index in [1.807, 2.05) is 35.2 Å². The number of para-hydroxylation sites is 1. The third-order valence-corrected chi connectivity index (χ3v) is 4.83. The molecule has 0 spiro atoms. The maximum atomic E-state index is 12.4. The maximum Gasteiger partial charge on any atom is 0.293 e. The average molecular weight is 367 g/mol. The van der Waals surface area contributed by atoms with Crippen LogP contribution in [-0.2, 0) is 4.79 Å². The normalized spacial score (nSPS) is 14.6. The van der Waals surface area contributed by atoms with Crippen LogP contribution in [0.1, 0.15) is 30.1 Å². The van der Waals surface area contributed by atoms with E-state index < -0.39 is 4.92 Å². The molecule has 0 aliphatic carbocycles. The summed E-state index contributed by atoms with van der Waals surface area (Å²) in [4.78, 5) is 36.8. The molecule has 7 nitrogen and oxygen atoms in total. The first-order valence-electron chi connectivity index (χ1n) is 8.86. The Morgan fingerprint density at radius 2 is 1.78 bits per heavy atom. The van der Waals surface area contributed by atoms with Crippen LogP contribution in [-0.4, -0.2) is 29.7 Å². The van der Waals surface area contributed by atoms with Gasteiger partial charge in [0.1, 0.15) is 5.69 Å². The highest BCUT2D eigenvalue weighted by atomic mass is 16.6. The quantitative estimate of drug-likeness (QED) is 0.495. The first-order valence-corrected chi connectivity index (χ1v) is 8.86. The molecule has 1 amide bonds. The summed E-state index contributed by atoms with van der Waals surface area (Å²) in [5, 5.41) is 14.3. The van der Waals surface area contributed by atoms with E-state index in [1.54, 1.807) is 12.1 Å². The van der Waals surface area contributed by atoms with Gasteiger partial charge < -0.3 is 10.2 Å². The monoisotopic (exact) mass is 367 g/mol. The third-order valence-electron chi connectivity index (χ3n) is 4.83. The van der Waals surface area contributed by atoms with Gasteiger partial charge in [0.05, 0.1) is 4.92 Å². The van der Waals surface area contributed by atoms with Gasteiger partial charge in [0.25, 0.3) is 5.69 Å². The molecule has 2 aromatic rings. The Morgan fingerprint density at radius 3 is 2.37 bits per heavy atom. The molecule has 0 unspecified atom stereocenters. The molecule has 7 heteroatoms. The fourth-order valence-electron chi connectivity index (χ4n) is 3.30. The number of benzene rings is 2. The number of ketones is 1. The number of anilines is 2. The van der Waals surface area contributed by atoms with Gasteiger partial charge in [-0.15, -0.1) is 0 Å². The lowest BCUT2D eigenvalue weighted by molar-refractivity contribution is -0.384. The van der Waals surface area contributed by atoms with E-state index in [4.69, 9.17) is 0 Å². The minimum Gasteiger partial charge on any atom is -0.366 e. The smallest absolute Gasteiger partial charge is 0.293 e. The molecule has 0 saturated carbocycles. The van der Waals surface area contributed by atoms with Crippen LogP contribution in [0, 0.1) is 16.0 Å². The SMILES string of the molecule is CC(=O)c1ccc(N2CCC(C(=O)Nc3ccccc3)CC2)c([N+](=O)[O-])c1. The van der Waals surface area contributed by atoms with Crippen LogP contribution in [0.4, 0.5) is 17.1 Å². The second-order valence-corrected chi connectivity index (χ2v) is 6.63. The largest absolute Gasteiger partial charge is 0.366 e. The van der Waals surface area contributed by atoms with Gasteiger partial charge in [0.2, 0.25) is 5.91 Å². The zero-order valence-corrected chi connectivity index (χ0v) is 15.1. The molecule has 0 aromatic heterocycles. The molecule has 140 valence electrons. The zero-order chi connectivity index (χ0) is 19.4. The molecular formula is C20H21N3O4. The number of piperidine rings is 1. The number of nitrogens with zero attached hydrogens (tertiary/aromatic N) is 2. The lowest BCUT2D eigenvalue weighted by Gasteiger charge is -2.32. The topological polar surface area (TPSA) is 92.6 Å². The Bertz CT molecular complexity index is 859. The van der Waals surface area contributed by atoms with E-state index in [0.717, 1.165) is 5.69 Å². The first-order chi connectivity index (χ1) is 13.0. The van der Waals surface area contributed by atoms with Crippen LogP contribution in [0.15, 0.2) is 48.5 Å². The summed E-state index contributed by atoms with van der Waals surface area (Å²) >= 11 is 0. The van der Waals surface area contributed by atoms with Crippen molar-refractivity contribution in [2.75, 3.05) is 23.3 Å². The number of nitrogens with one attached hydrogen (secondary N) is 1. The lowest BCUT2D eigenvalue weighted by atomic mass is 9.95. The highest BCUT2D eigenvalue weighted by Gasteiger charge is 2.28. The number of hydrogen-bond donors (Lipinski definition) is 1. The van der Waals surface area contributed by atoms with Crippen molar-refractivity contribution in [2.45, 2.75) is 19.8 Å². The summed E-state index contributed by atoms with van der Waals surface area (Å²) in [6.45, 7) is 2.48. The van der Waals surface area contributed by atoms with Crippen LogP contribution in [0.2, 0.25) is 0 Å². The van der Waals surface area contributed by atoms with Crippen molar-refractivity contribution in [1.82, 2.24) is 0 Å². The second kappa shape index (κ2) is 7.99. The number of nitro benzene ring substituents is 1.